The fourth-order valence-electron chi connectivity index (χ4n) is 6.32. The zero-order chi connectivity index (χ0) is 34.4. The van der Waals surface area contributed by atoms with E-state index in [0.29, 0.717) is 43.0 Å². The summed E-state index contributed by atoms with van der Waals surface area (Å²) in [5, 5.41) is 8.80. The minimum atomic E-state index is -4.77. The summed E-state index contributed by atoms with van der Waals surface area (Å²) in [6.45, 7) is 0.221. The molecule has 5 rings (SSSR count). The molecule has 4 atom stereocenters. The summed E-state index contributed by atoms with van der Waals surface area (Å²) in [7, 11) is -4.77. The highest BCUT2D eigenvalue weighted by Gasteiger charge is 2.44. The van der Waals surface area contributed by atoms with Gasteiger partial charge in [0.05, 0.1) is 0 Å². The van der Waals surface area contributed by atoms with Gasteiger partial charge < -0.3 is 36.1 Å². The van der Waals surface area contributed by atoms with Gasteiger partial charge in [0.15, 0.2) is 0 Å². The lowest BCUT2D eigenvalue weighted by Gasteiger charge is -2.35. The number of phosphoric ester groups is 1. The molecule has 16 heteroatoms. The first-order chi connectivity index (χ1) is 22.9. The van der Waals surface area contributed by atoms with Gasteiger partial charge in [-0.15, -0.1) is 0 Å². The van der Waals surface area contributed by atoms with Gasteiger partial charge in [-0.2, -0.15) is 0 Å². The van der Waals surface area contributed by atoms with Crippen molar-refractivity contribution < 1.29 is 42.8 Å². The predicted molar refractivity (Wildman–Crippen MR) is 173 cm³/mol. The van der Waals surface area contributed by atoms with E-state index >= 15 is 0 Å². The van der Waals surface area contributed by atoms with E-state index in [4.69, 9.17) is 15.5 Å². The van der Waals surface area contributed by atoms with E-state index in [-0.39, 0.29) is 36.9 Å². The Labute approximate surface area is 276 Å². The van der Waals surface area contributed by atoms with E-state index in [0.717, 1.165) is 12.0 Å². The summed E-state index contributed by atoms with van der Waals surface area (Å²) in [5.74, 6) is -2.67. The number of hydrogen-bond acceptors (Lipinski definition) is 7. The molecule has 1 aromatic heterocycles. The molecule has 0 spiro atoms. The van der Waals surface area contributed by atoms with Crippen LogP contribution < -0.4 is 26.2 Å². The van der Waals surface area contributed by atoms with Crippen molar-refractivity contribution in [2.75, 3.05) is 0 Å². The summed E-state index contributed by atoms with van der Waals surface area (Å²) in [6, 6.07) is 11.9. The quantitative estimate of drug-likeness (QED) is 0.138. The highest BCUT2D eigenvalue weighted by molar-refractivity contribution is 7.46. The van der Waals surface area contributed by atoms with Crippen LogP contribution in [0.4, 0.5) is 0 Å². The highest BCUT2D eigenvalue weighted by atomic mass is 31.2. The number of phosphoric acid groups is 1. The van der Waals surface area contributed by atoms with Crippen molar-refractivity contribution in [2.24, 2.45) is 5.73 Å². The highest BCUT2D eigenvalue weighted by Crippen LogP contribution is 2.38. The first-order valence-electron chi connectivity index (χ1n) is 15.8. The monoisotopic (exact) mass is 682 g/mol. The number of aromatic nitrogens is 1. The molecule has 3 heterocycles. The summed E-state index contributed by atoms with van der Waals surface area (Å²) in [4.78, 5) is 88.4. The van der Waals surface area contributed by atoms with Gasteiger partial charge in [-0.3, -0.25) is 33.8 Å². The third-order valence-electron chi connectivity index (χ3n) is 8.63. The molecule has 2 aliphatic rings. The number of carbonyl (C=O) groups excluding carboxylic acids is 5. The van der Waals surface area contributed by atoms with Crippen molar-refractivity contribution in [3.8, 4) is 5.75 Å². The van der Waals surface area contributed by atoms with Crippen LogP contribution in [0, 0.1) is 0 Å². The smallest absolute Gasteiger partial charge is 0.404 e. The van der Waals surface area contributed by atoms with E-state index in [1.807, 2.05) is 30.3 Å². The second kappa shape index (κ2) is 15.0. The van der Waals surface area contributed by atoms with Crippen LogP contribution in [-0.2, 0) is 30.3 Å². The minimum absolute atomic E-state index is 0.0120. The molecule has 15 nitrogen and oxygen atoms in total. The van der Waals surface area contributed by atoms with Crippen LogP contribution in [0.3, 0.4) is 0 Å². The number of hydrogen-bond donors (Lipinski definition) is 7. The summed E-state index contributed by atoms with van der Waals surface area (Å²) in [5.41, 5.74) is 6.83. The molecule has 2 aromatic carbocycles. The van der Waals surface area contributed by atoms with Crippen molar-refractivity contribution in [1.29, 1.82) is 0 Å². The second-order valence-electron chi connectivity index (χ2n) is 12.1. The maximum absolute atomic E-state index is 14.0. The van der Waals surface area contributed by atoms with E-state index in [1.54, 1.807) is 0 Å². The number of carbonyl (C=O) groups is 5. The lowest BCUT2D eigenvalue weighted by molar-refractivity contribution is -0.143. The molecule has 256 valence electrons. The number of nitrogens with zero attached hydrogens (tertiary/aromatic N) is 1. The standard InChI is InChI=1S/C32H39N6O9P/c33-28(39)15-13-24(29(40)34-18-19-6-2-1-3-7-19)36-31(42)27-14-10-21-8-4-5-9-25(32(43)38(21)27)37-30(41)26-17-20-16-22(47-48(44,45)46)11-12-23(20)35-26/h1-3,6-7,11-12,16-17,21,24-25,27,35H,4-5,8-10,13-15,18H2,(H2,33,39)(H,34,40)(H,36,42)(H,37,41)(H2,44,45,46)/t21-,24-,25-,27-/m0/s1. The summed E-state index contributed by atoms with van der Waals surface area (Å²) in [6.07, 6.45) is 3.33. The maximum Gasteiger partial charge on any atom is 0.524 e. The first-order valence-corrected chi connectivity index (χ1v) is 17.3. The number of fused-ring (bicyclic) bond motifs is 2. The topological polar surface area (TPSA) is 233 Å². The molecule has 48 heavy (non-hydrogen) atoms. The minimum Gasteiger partial charge on any atom is -0.404 e. The molecule has 0 unspecified atom stereocenters. The number of amides is 5. The Balaban J connectivity index is 1.28. The van der Waals surface area contributed by atoms with Gasteiger partial charge in [-0.05, 0) is 61.9 Å². The Morgan fingerprint density at radius 3 is 2.50 bits per heavy atom. The first kappa shape index (κ1) is 34.6. The lowest BCUT2D eigenvalue weighted by atomic mass is 9.98. The van der Waals surface area contributed by atoms with Gasteiger partial charge >= 0.3 is 7.82 Å². The molecule has 0 radical (unpaired) electrons. The molecular formula is C32H39N6O9P. The van der Waals surface area contributed by atoms with Gasteiger partial charge in [-0.25, -0.2) is 4.57 Å². The molecule has 5 amide bonds. The van der Waals surface area contributed by atoms with E-state index in [1.165, 1.54) is 29.2 Å². The van der Waals surface area contributed by atoms with Gasteiger partial charge in [0.1, 0.15) is 29.6 Å². The van der Waals surface area contributed by atoms with Crippen LogP contribution in [-0.4, -0.2) is 73.4 Å². The Morgan fingerprint density at radius 1 is 1.02 bits per heavy atom. The van der Waals surface area contributed by atoms with Crippen LogP contribution >= 0.6 is 7.82 Å². The van der Waals surface area contributed by atoms with Crippen LogP contribution in [0.25, 0.3) is 10.9 Å². The average molecular weight is 683 g/mol. The van der Waals surface area contributed by atoms with Crippen LogP contribution in [0.5, 0.6) is 5.75 Å². The van der Waals surface area contributed by atoms with E-state index < -0.39 is 55.5 Å². The molecule has 3 aromatic rings. The normalized spacial score (nSPS) is 20.2. The predicted octanol–water partition coefficient (Wildman–Crippen LogP) is 1.74. The van der Waals surface area contributed by atoms with Gasteiger partial charge in [0.25, 0.3) is 5.91 Å². The number of nitrogens with one attached hydrogen (secondary N) is 4. The zero-order valence-electron chi connectivity index (χ0n) is 26.1. The maximum atomic E-state index is 14.0. The fourth-order valence-corrected chi connectivity index (χ4v) is 6.71. The molecule has 2 saturated heterocycles. The number of benzene rings is 2. The second-order valence-corrected chi connectivity index (χ2v) is 13.3. The third kappa shape index (κ3) is 8.79. The molecule has 2 fully saturated rings. The molecule has 2 aliphatic heterocycles. The van der Waals surface area contributed by atoms with Crippen molar-refractivity contribution in [1.82, 2.24) is 25.8 Å². The number of aromatic amines is 1. The van der Waals surface area contributed by atoms with Crippen molar-refractivity contribution in [3.05, 3.63) is 65.9 Å². The summed E-state index contributed by atoms with van der Waals surface area (Å²) >= 11 is 0. The number of primary amides is 1. The molecule has 0 bridgehead atoms. The summed E-state index contributed by atoms with van der Waals surface area (Å²) < 4.78 is 15.8. The van der Waals surface area contributed by atoms with Crippen LogP contribution in [0.2, 0.25) is 0 Å². The zero-order valence-corrected chi connectivity index (χ0v) is 27.0. The fraction of sp³-hybridized carbons (Fsp3) is 0.406. The van der Waals surface area contributed by atoms with Crippen molar-refractivity contribution in [3.63, 3.8) is 0 Å². The number of H-pyrrole nitrogens is 1. The SMILES string of the molecule is NC(=O)CC[C@H](NC(=O)[C@@H]1CC[C@@H]2CCCC[C@H](NC(=O)c3cc4cc(OP(=O)(O)O)ccc4[nH]3)C(=O)N21)C(=O)NCc1ccccc1. The Bertz CT molecular complexity index is 1730. The Kier molecular flexibility index (Phi) is 10.8. The van der Waals surface area contributed by atoms with Crippen molar-refractivity contribution >= 4 is 48.3 Å². The molecule has 0 saturated carbocycles. The van der Waals surface area contributed by atoms with Gasteiger partial charge in [-0.1, -0.05) is 43.2 Å². The Morgan fingerprint density at radius 2 is 1.77 bits per heavy atom. The van der Waals surface area contributed by atoms with Crippen molar-refractivity contribution in [2.45, 2.75) is 82.1 Å². The molecule has 8 N–H and O–H groups in total. The number of nitrogens with two attached hydrogens (primary N) is 1. The van der Waals surface area contributed by atoms with Crippen LogP contribution in [0.15, 0.2) is 54.6 Å². The van der Waals surface area contributed by atoms with Crippen LogP contribution in [0.1, 0.15) is 67.4 Å². The Hall–Kier alpha value is -4.72. The molecule has 0 aliphatic carbocycles. The van der Waals surface area contributed by atoms with E-state index in [9.17, 15) is 28.5 Å². The third-order valence-corrected chi connectivity index (χ3v) is 9.07. The number of rotatable bonds is 12. The molecular weight excluding hydrogens is 643 g/mol. The van der Waals surface area contributed by atoms with Gasteiger partial charge in [0.2, 0.25) is 23.6 Å². The van der Waals surface area contributed by atoms with Gasteiger partial charge in [0, 0.05) is 29.9 Å². The van der Waals surface area contributed by atoms with E-state index in [2.05, 4.69) is 25.5 Å². The average Bonchev–Trinajstić information content (AvgIpc) is 3.66. The lowest BCUT2D eigenvalue weighted by Crippen LogP contribution is -2.58. The largest absolute Gasteiger partial charge is 0.524 e.